The van der Waals surface area contributed by atoms with Gasteiger partial charge < -0.3 is 10.5 Å². The van der Waals surface area contributed by atoms with Gasteiger partial charge in [0.05, 0.1) is 12.2 Å². The highest BCUT2D eigenvalue weighted by Gasteiger charge is 2.22. The Labute approximate surface area is 74.2 Å². The number of nitrogens with zero attached hydrogens (tertiary/aromatic N) is 1. The number of rotatable bonds is 3. The monoisotopic (exact) mass is 170 g/mol. The van der Waals surface area contributed by atoms with E-state index in [1.165, 1.54) is 0 Å². The van der Waals surface area contributed by atoms with Gasteiger partial charge in [-0.3, -0.25) is 4.90 Å². The van der Waals surface area contributed by atoms with Crippen LogP contribution in [0.1, 0.15) is 6.92 Å². The third kappa shape index (κ3) is 2.59. The molecule has 0 aromatic rings. The first kappa shape index (κ1) is 9.71. The smallest absolute Gasteiger partial charge is 0.0828 e. The molecule has 2 N–H and O–H groups in total. The fourth-order valence-electron chi connectivity index (χ4n) is 1.60. The van der Waals surface area contributed by atoms with Crippen molar-refractivity contribution in [2.45, 2.75) is 19.1 Å². The summed E-state index contributed by atoms with van der Waals surface area (Å²) in [4.78, 5) is 2.32. The molecule has 1 aliphatic rings. The molecule has 1 aliphatic heterocycles. The molecule has 3 heteroatoms. The van der Waals surface area contributed by atoms with Crippen molar-refractivity contribution >= 4 is 0 Å². The third-order valence-corrected chi connectivity index (χ3v) is 2.05. The molecule has 0 saturated carbocycles. The largest absolute Gasteiger partial charge is 0.371 e. The van der Waals surface area contributed by atoms with E-state index in [0.29, 0.717) is 12.6 Å². The first-order chi connectivity index (χ1) is 5.76. The van der Waals surface area contributed by atoms with Gasteiger partial charge in [0.15, 0.2) is 0 Å². The van der Waals surface area contributed by atoms with Gasteiger partial charge >= 0.3 is 0 Å². The summed E-state index contributed by atoms with van der Waals surface area (Å²) in [6, 6.07) is 0. The lowest BCUT2D eigenvalue weighted by Crippen LogP contribution is -2.49. The predicted octanol–water partition coefficient (Wildman–Crippen LogP) is 0.220. The lowest BCUT2D eigenvalue weighted by atomic mass is 10.2. The third-order valence-electron chi connectivity index (χ3n) is 2.05. The summed E-state index contributed by atoms with van der Waals surface area (Å²) >= 11 is 0. The van der Waals surface area contributed by atoms with Gasteiger partial charge in [-0.15, -0.1) is 6.58 Å². The topological polar surface area (TPSA) is 38.5 Å². The highest BCUT2D eigenvalue weighted by atomic mass is 16.5. The molecule has 70 valence electrons. The predicted molar refractivity (Wildman–Crippen MR) is 50.0 cm³/mol. The first-order valence-corrected chi connectivity index (χ1v) is 4.45. The Kier molecular flexibility index (Phi) is 3.72. The Balaban J connectivity index is 2.39. The fraction of sp³-hybridized carbons (Fsp3) is 0.778. The second-order valence-electron chi connectivity index (χ2n) is 3.31. The molecule has 12 heavy (non-hydrogen) atoms. The zero-order chi connectivity index (χ0) is 8.97. The van der Waals surface area contributed by atoms with E-state index in [-0.39, 0.29) is 6.10 Å². The summed E-state index contributed by atoms with van der Waals surface area (Å²) < 4.78 is 5.61. The molecule has 2 unspecified atom stereocenters. The molecule has 0 spiro atoms. The maximum Gasteiger partial charge on any atom is 0.0828 e. The minimum Gasteiger partial charge on any atom is -0.371 e. The number of ether oxygens (including phenoxy) is 1. The highest BCUT2D eigenvalue weighted by Crippen LogP contribution is 2.09. The maximum atomic E-state index is 5.61. The lowest BCUT2D eigenvalue weighted by molar-refractivity contribution is -0.0687. The van der Waals surface area contributed by atoms with Crippen LogP contribution in [0.3, 0.4) is 0 Å². The fourth-order valence-corrected chi connectivity index (χ4v) is 1.60. The van der Waals surface area contributed by atoms with Crippen LogP contribution in [0.4, 0.5) is 0 Å². The van der Waals surface area contributed by atoms with Crippen molar-refractivity contribution in [2.24, 2.45) is 5.73 Å². The van der Waals surface area contributed by atoms with E-state index in [4.69, 9.17) is 10.5 Å². The molecule has 0 radical (unpaired) electrons. The molecule has 1 fully saturated rings. The number of hydrogen-bond donors (Lipinski definition) is 1. The van der Waals surface area contributed by atoms with Crippen molar-refractivity contribution in [3.63, 3.8) is 0 Å². The second kappa shape index (κ2) is 4.60. The minimum atomic E-state index is 0.202. The molecular formula is C9H18N2O. The Bertz CT molecular complexity index is 149. The zero-order valence-corrected chi connectivity index (χ0v) is 7.70. The summed E-state index contributed by atoms with van der Waals surface area (Å²) in [7, 11) is 0. The van der Waals surface area contributed by atoms with Crippen LogP contribution in [0.15, 0.2) is 12.7 Å². The average Bonchev–Trinajstić information content (AvgIpc) is 2.04. The van der Waals surface area contributed by atoms with Gasteiger partial charge in [-0.1, -0.05) is 6.08 Å². The molecule has 1 rings (SSSR count). The molecule has 0 amide bonds. The summed E-state index contributed by atoms with van der Waals surface area (Å²) in [5.74, 6) is 0. The lowest BCUT2D eigenvalue weighted by Gasteiger charge is -2.35. The summed E-state index contributed by atoms with van der Waals surface area (Å²) in [5.41, 5.74) is 5.55. The number of morpholine rings is 1. The molecule has 0 bridgehead atoms. The van der Waals surface area contributed by atoms with Gasteiger partial charge in [-0.2, -0.15) is 0 Å². The molecule has 0 aromatic carbocycles. The number of nitrogens with two attached hydrogens (primary N) is 1. The standard InChI is InChI=1S/C9H18N2O/c1-3-4-11-6-8(2)12-9(5-10)7-11/h3,8-9H,1,4-7,10H2,2H3. The van der Waals surface area contributed by atoms with Crippen LogP contribution in [0, 0.1) is 0 Å². The van der Waals surface area contributed by atoms with Crippen molar-refractivity contribution in [3.05, 3.63) is 12.7 Å². The van der Waals surface area contributed by atoms with Crippen LogP contribution in [0.25, 0.3) is 0 Å². The van der Waals surface area contributed by atoms with Crippen LogP contribution in [-0.2, 0) is 4.74 Å². The van der Waals surface area contributed by atoms with Crippen molar-refractivity contribution < 1.29 is 4.74 Å². The van der Waals surface area contributed by atoms with E-state index in [1.54, 1.807) is 0 Å². The van der Waals surface area contributed by atoms with E-state index < -0.39 is 0 Å². The molecule has 0 aromatic heterocycles. The van der Waals surface area contributed by atoms with Gasteiger partial charge in [0.2, 0.25) is 0 Å². The molecule has 2 atom stereocenters. The minimum absolute atomic E-state index is 0.202. The quantitative estimate of drug-likeness (QED) is 0.616. The van der Waals surface area contributed by atoms with Gasteiger partial charge in [0.25, 0.3) is 0 Å². The molecule has 1 heterocycles. The van der Waals surface area contributed by atoms with Gasteiger partial charge in [0.1, 0.15) is 0 Å². The van der Waals surface area contributed by atoms with Crippen LogP contribution in [0.2, 0.25) is 0 Å². The first-order valence-electron chi connectivity index (χ1n) is 4.45. The van der Waals surface area contributed by atoms with E-state index in [2.05, 4.69) is 18.4 Å². The van der Waals surface area contributed by atoms with E-state index in [9.17, 15) is 0 Å². The molecule has 3 nitrogen and oxygen atoms in total. The summed E-state index contributed by atoms with van der Waals surface area (Å²) in [6.07, 6.45) is 2.42. The Morgan fingerprint density at radius 2 is 2.42 bits per heavy atom. The number of hydrogen-bond acceptors (Lipinski definition) is 3. The van der Waals surface area contributed by atoms with Crippen LogP contribution < -0.4 is 5.73 Å². The van der Waals surface area contributed by atoms with Gasteiger partial charge in [-0.05, 0) is 6.92 Å². The van der Waals surface area contributed by atoms with Crippen LogP contribution in [-0.4, -0.2) is 43.3 Å². The van der Waals surface area contributed by atoms with Gasteiger partial charge in [0, 0.05) is 26.2 Å². The molecule has 0 aliphatic carbocycles. The van der Waals surface area contributed by atoms with Crippen molar-refractivity contribution in [1.82, 2.24) is 4.90 Å². The highest BCUT2D eigenvalue weighted by molar-refractivity contribution is 4.81. The summed E-state index contributed by atoms with van der Waals surface area (Å²) in [6.45, 7) is 9.27. The second-order valence-corrected chi connectivity index (χ2v) is 3.31. The normalized spacial score (nSPS) is 31.8. The Morgan fingerprint density at radius 1 is 1.67 bits per heavy atom. The van der Waals surface area contributed by atoms with E-state index in [0.717, 1.165) is 19.6 Å². The van der Waals surface area contributed by atoms with Crippen molar-refractivity contribution in [3.8, 4) is 0 Å². The molecular weight excluding hydrogens is 152 g/mol. The van der Waals surface area contributed by atoms with Crippen molar-refractivity contribution in [2.75, 3.05) is 26.2 Å². The van der Waals surface area contributed by atoms with E-state index in [1.807, 2.05) is 6.08 Å². The van der Waals surface area contributed by atoms with Crippen molar-refractivity contribution in [1.29, 1.82) is 0 Å². The van der Waals surface area contributed by atoms with Crippen LogP contribution >= 0.6 is 0 Å². The maximum absolute atomic E-state index is 5.61. The SMILES string of the molecule is C=CCN1CC(C)OC(CN)C1. The van der Waals surface area contributed by atoms with E-state index >= 15 is 0 Å². The molecule has 1 saturated heterocycles. The Hall–Kier alpha value is -0.380. The van der Waals surface area contributed by atoms with Crippen LogP contribution in [0.5, 0.6) is 0 Å². The average molecular weight is 170 g/mol. The summed E-state index contributed by atoms with van der Waals surface area (Å²) in [5, 5.41) is 0. The van der Waals surface area contributed by atoms with Gasteiger partial charge in [-0.25, -0.2) is 0 Å². The Morgan fingerprint density at radius 3 is 3.00 bits per heavy atom. The zero-order valence-electron chi connectivity index (χ0n) is 7.70.